The van der Waals surface area contributed by atoms with Crippen LogP contribution in [0.4, 0.5) is 13.6 Å². The van der Waals surface area contributed by atoms with Crippen LogP contribution < -0.4 is 0 Å². The van der Waals surface area contributed by atoms with E-state index in [2.05, 4.69) is 5.10 Å². The number of carbonyl (C=O) groups is 1. The number of fused-ring (bicyclic) bond motifs is 1. The van der Waals surface area contributed by atoms with Crippen LogP contribution in [0.25, 0.3) is 0 Å². The summed E-state index contributed by atoms with van der Waals surface area (Å²) in [4.78, 5) is 13.7. The van der Waals surface area contributed by atoms with E-state index in [0.29, 0.717) is 18.7 Å². The molecule has 0 N–H and O–H groups in total. The lowest BCUT2D eigenvalue weighted by atomic mass is 10.2. The van der Waals surface area contributed by atoms with Gasteiger partial charge in [-0.25, -0.2) is 13.6 Å². The predicted molar refractivity (Wildman–Crippen MR) is 83.2 cm³/mol. The van der Waals surface area contributed by atoms with Crippen LogP contribution in [0.15, 0.2) is 24.4 Å². The molecule has 0 radical (unpaired) electrons. The molecule has 0 aliphatic carbocycles. The number of amides is 1. The van der Waals surface area contributed by atoms with Crippen LogP contribution >= 0.6 is 0 Å². The van der Waals surface area contributed by atoms with E-state index in [1.807, 2.05) is 20.8 Å². The fourth-order valence-electron chi connectivity index (χ4n) is 2.61. The molecule has 1 aromatic heterocycles. The smallest absolute Gasteiger partial charge is 0.410 e. The van der Waals surface area contributed by atoms with Gasteiger partial charge in [-0.15, -0.1) is 0 Å². The third-order valence-electron chi connectivity index (χ3n) is 3.72. The van der Waals surface area contributed by atoms with Crippen molar-refractivity contribution in [1.82, 2.24) is 14.7 Å². The maximum Gasteiger partial charge on any atom is 0.410 e. The van der Waals surface area contributed by atoms with Crippen LogP contribution in [0.3, 0.4) is 0 Å². The van der Waals surface area contributed by atoms with Crippen molar-refractivity contribution in [2.75, 3.05) is 0 Å². The molecule has 1 aromatic carbocycles. The second-order valence-electron chi connectivity index (χ2n) is 6.85. The first kappa shape index (κ1) is 16.4. The molecule has 2 heterocycles. The Bertz CT molecular complexity index is 781. The zero-order valence-electron chi connectivity index (χ0n) is 13.8. The Morgan fingerprint density at radius 3 is 2.71 bits per heavy atom. The summed E-state index contributed by atoms with van der Waals surface area (Å²) in [6.45, 7) is 6.39. The number of halogens is 2. The van der Waals surface area contributed by atoms with E-state index in [9.17, 15) is 13.6 Å². The molecule has 0 spiro atoms. The zero-order chi connectivity index (χ0) is 17.5. The van der Waals surface area contributed by atoms with E-state index in [4.69, 9.17) is 4.74 Å². The van der Waals surface area contributed by atoms with Crippen LogP contribution in [0.2, 0.25) is 0 Å². The summed E-state index contributed by atoms with van der Waals surface area (Å²) >= 11 is 0. The summed E-state index contributed by atoms with van der Waals surface area (Å²) in [5.41, 5.74) is 1.53. The number of carbonyl (C=O) groups excluding carboxylic acids is 1. The van der Waals surface area contributed by atoms with Gasteiger partial charge in [-0.2, -0.15) is 5.10 Å². The minimum atomic E-state index is -0.613. The average molecular weight is 335 g/mol. The van der Waals surface area contributed by atoms with Gasteiger partial charge in [0.25, 0.3) is 0 Å². The zero-order valence-corrected chi connectivity index (χ0v) is 13.8. The fourth-order valence-corrected chi connectivity index (χ4v) is 2.61. The second kappa shape index (κ2) is 5.89. The average Bonchev–Trinajstić information content (AvgIpc) is 3.01. The number of hydrogen-bond acceptors (Lipinski definition) is 3. The molecule has 24 heavy (non-hydrogen) atoms. The van der Waals surface area contributed by atoms with Crippen molar-refractivity contribution < 1.29 is 18.3 Å². The minimum absolute atomic E-state index is 0.184. The number of nitrogens with zero attached hydrogens (tertiary/aromatic N) is 3. The van der Waals surface area contributed by atoms with Crippen molar-refractivity contribution in [2.24, 2.45) is 0 Å². The molecule has 0 saturated heterocycles. The topological polar surface area (TPSA) is 47.4 Å². The molecule has 3 rings (SSSR count). The summed E-state index contributed by atoms with van der Waals surface area (Å²) < 4.78 is 33.8. The number of hydrogen-bond donors (Lipinski definition) is 0. The van der Waals surface area contributed by atoms with E-state index in [1.54, 1.807) is 15.8 Å². The molecule has 1 amide bonds. The van der Waals surface area contributed by atoms with Crippen molar-refractivity contribution in [3.05, 3.63) is 52.9 Å². The van der Waals surface area contributed by atoms with Crippen LogP contribution in [-0.2, 0) is 24.4 Å². The van der Waals surface area contributed by atoms with Crippen molar-refractivity contribution in [3.63, 3.8) is 0 Å². The van der Waals surface area contributed by atoms with Crippen LogP contribution in [-0.4, -0.2) is 26.4 Å². The lowest BCUT2D eigenvalue weighted by Gasteiger charge is -2.24. The van der Waals surface area contributed by atoms with Gasteiger partial charge in [-0.05, 0) is 26.8 Å². The Labute approximate surface area is 138 Å². The maximum atomic E-state index is 13.8. The highest BCUT2D eigenvalue weighted by Gasteiger charge is 2.30. The summed E-state index contributed by atoms with van der Waals surface area (Å²) in [6.07, 6.45) is 1.28. The first-order valence-electron chi connectivity index (χ1n) is 7.68. The normalized spacial score (nSPS) is 14.0. The Balaban J connectivity index is 1.74. The van der Waals surface area contributed by atoms with E-state index in [1.165, 1.54) is 12.1 Å². The van der Waals surface area contributed by atoms with Crippen LogP contribution in [0, 0.1) is 11.6 Å². The van der Waals surface area contributed by atoms with E-state index in [0.717, 1.165) is 17.3 Å². The molecule has 1 aliphatic rings. The summed E-state index contributed by atoms with van der Waals surface area (Å²) in [7, 11) is 0. The van der Waals surface area contributed by atoms with E-state index >= 15 is 0 Å². The third kappa shape index (κ3) is 3.39. The van der Waals surface area contributed by atoms with Gasteiger partial charge in [0.15, 0.2) is 0 Å². The highest BCUT2D eigenvalue weighted by Crippen LogP contribution is 2.25. The number of rotatable bonds is 2. The molecule has 7 heteroatoms. The molecule has 5 nitrogen and oxygen atoms in total. The van der Waals surface area contributed by atoms with E-state index < -0.39 is 23.3 Å². The van der Waals surface area contributed by atoms with Crippen molar-refractivity contribution in [2.45, 2.75) is 46.0 Å². The van der Waals surface area contributed by atoms with Gasteiger partial charge in [0.2, 0.25) is 0 Å². The van der Waals surface area contributed by atoms with Crippen molar-refractivity contribution in [3.8, 4) is 0 Å². The molecule has 2 aromatic rings. The molecule has 0 unspecified atom stereocenters. The predicted octanol–water partition coefficient (Wildman–Crippen LogP) is 3.46. The molecular weight excluding hydrogens is 316 g/mol. The Morgan fingerprint density at radius 1 is 1.29 bits per heavy atom. The summed E-state index contributed by atoms with van der Waals surface area (Å²) in [6, 6.07) is 3.47. The van der Waals surface area contributed by atoms with Crippen molar-refractivity contribution in [1.29, 1.82) is 0 Å². The largest absolute Gasteiger partial charge is 0.444 e. The van der Waals surface area contributed by atoms with Gasteiger partial charge in [-0.3, -0.25) is 9.58 Å². The molecule has 0 bridgehead atoms. The SMILES string of the molecule is CC(C)(C)OC(=O)N1Cc2cnn(Cc3ccc(F)cc3F)c2C1. The van der Waals surface area contributed by atoms with Crippen LogP contribution in [0.1, 0.15) is 37.6 Å². The lowest BCUT2D eigenvalue weighted by Crippen LogP contribution is -2.33. The van der Waals surface area contributed by atoms with Gasteiger partial charge >= 0.3 is 6.09 Å². The molecule has 128 valence electrons. The van der Waals surface area contributed by atoms with Gasteiger partial charge < -0.3 is 4.74 Å². The highest BCUT2D eigenvalue weighted by atomic mass is 19.1. The Kier molecular flexibility index (Phi) is 4.03. The molecule has 1 aliphatic heterocycles. The van der Waals surface area contributed by atoms with Crippen molar-refractivity contribution >= 4 is 6.09 Å². The van der Waals surface area contributed by atoms with Gasteiger partial charge in [0.05, 0.1) is 31.5 Å². The first-order chi connectivity index (χ1) is 11.2. The number of aromatic nitrogens is 2. The molecule has 0 fully saturated rings. The molecule has 0 atom stereocenters. The molecule has 0 saturated carbocycles. The van der Waals surface area contributed by atoms with Crippen LogP contribution in [0.5, 0.6) is 0 Å². The van der Waals surface area contributed by atoms with E-state index in [-0.39, 0.29) is 6.54 Å². The lowest BCUT2D eigenvalue weighted by molar-refractivity contribution is 0.0238. The highest BCUT2D eigenvalue weighted by molar-refractivity contribution is 5.69. The fraction of sp³-hybridized carbons (Fsp3) is 0.412. The number of ether oxygens (including phenoxy) is 1. The Morgan fingerprint density at radius 2 is 2.04 bits per heavy atom. The quantitative estimate of drug-likeness (QED) is 0.844. The van der Waals surface area contributed by atoms with Gasteiger partial charge in [0, 0.05) is 17.2 Å². The monoisotopic (exact) mass is 335 g/mol. The molecular formula is C17H19F2N3O2. The maximum absolute atomic E-state index is 13.8. The standard InChI is InChI=1S/C17H19F2N3O2/c1-17(2,3)24-16(23)21-8-12-7-20-22(15(12)10-21)9-11-4-5-13(18)6-14(11)19/h4-7H,8-10H2,1-3H3. The first-order valence-corrected chi connectivity index (χ1v) is 7.68. The minimum Gasteiger partial charge on any atom is -0.444 e. The summed E-state index contributed by atoms with van der Waals surface area (Å²) in [5, 5.41) is 4.24. The second-order valence-corrected chi connectivity index (χ2v) is 6.85. The summed E-state index contributed by atoms with van der Waals surface area (Å²) in [5.74, 6) is -1.22. The van der Waals surface area contributed by atoms with Gasteiger partial charge in [-0.1, -0.05) is 6.07 Å². The number of benzene rings is 1. The third-order valence-corrected chi connectivity index (χ3v) is 3.72. The Hall–Kier alpha value is -2.44. The van der Waals surface area contributed by atoms with Gasteiger partial charge in [0.1, 0.15) is 17.2 Å².